The Bertz CT molecular complexity index is 899. The van der Waals surface area contributed by atoms with Crippen molar-refractivity contribution in [2.24, 2.45) is 0 Å². The Morgan fingerprint density at radius 1 is 1.03 bits per heavy atom. The van der Waals surface area contributed by atoms with Gasteiger partial charge in [-0.25, -0.2) is 0 Å². The number of nitrogens with one attached hydrogen (secondary N) is 2. The van der Waals surface area contributed by atoms with Crippen molar-refractivity contribution >= 4 is 17.5 Å². The molecule has 29 heavy (non-hydrogen) atoms. The van der Waals surface area contributed by atoms with Crippen molar-refractivity contribution in [3.63, 3.8) is 0 Å². The summed E-state index contributed by atoms with van der Waals surface area (Å²) in [5, 5.41) is 15.4. The number of rotatable bonds is 4. The molecule has 2 amide bonds. The number of carbonyl (C=O) groups excluding carboxylic acids is 2. The van der Waals surface area contributed by atoms with Gasteiger partial charge in [0.2, 0.25) is 0 Å². The number of ether oxygens (including phenoxy) is 1. The van der Waals surface area contributed by atoms with E-state index in [1.54, 1.807) is 0 Å². The lowest BCUT2D eigenvalue weighted by Gasteiger charge is -2.33. The highest BCUT2D eigenvalue weighted by Gasteiger charge is 2.33. The third-order valence-electron chi connectivity index (χ3n) is 4.63. The SMILES string of the molecule is O=C(NCC1(O)CCc2ccccc2C1)C(=O)Nc1ccc(OC(F)(F)F)cc1. The first-order chi connectivity index (χ1) is 13.6. The number of benzene rings is 2. The Balaban J connectivity index is 1.51. The van der Waals surface area contributed by atoms with E-state index in [1.807, 2.05) is 24.3 Å². The second kappa shape index (κ2) is 8.12. The number of alkyl halides is 3. The number of amides is 2. The average Bonchev–Trinajstić information content (AvgIpc) is 2.66. The van der Waals surface area contributed by atoms with Crippen LogP contribution in [-0.4, -0.2) is 35.4 Å². The summed E-state index contributed by atoms with van der Waals surface area (Å²) in [7, 11) is 0. The van der Waals surface area contributed by atoms with E-state index in [1.165, 1.54) is 12.1 Å². The van der Waals surface area contributed by atoms with Crippen LogP contribution in [0.5, 0.6) is 5.75 Å². The Morgan fingerprint density at radius 2 is 1.69 bits per heavy atom. The molecule has 2 aromatic rings. The third kappa shape index (κ3) is 5.71. The van der Waals surface area contributed by atoms with Gasteiger partial charge < -0.3 is 20.5 Å². The van der Waals surface area contributed by atoms with E-state index in [0.717, 1.165) is 23.3 Å². The van der Waals surface area contributed by atoms with Crippen molar-refractivity contribution < 1.29 is 32.6 Å². The fourth-order valence-electron chi connectivity index (χ4n) is 3.19. The molecule has 0 aliphatic heterocycles. The molecule has 3 rings (SSSR count). The molecule has 6 nitrogen and oxygen atoms in total. The van der Waals surface area contributed by atoms with Crippen molar-refractivity contribution in [3.05, 3.63) is 59.7 Å². The smallest absolute Gasteiger partial charge is 0.406 e. The number of hydrogen-bond donors (Lipinski definition) is 3. The van der Waals surface area contributed by atoms with Gasteiger partial charge >= 0.3 is 18.2 Å². The molecule has 0 spiro atoms. The van der Waals surface area contributed by atoms with Gasteiger partial charge in [0.15, 0.2) is 0 Å². The van der Waals surface area contributed by atoms with Gasteiger partial charge in [0.1, 0.15) is 5.75 Å². The van der Waals surface area contributed by atoms with Crippen LogP contribution < -0.4 is 15.4 Å². The van der Waals surface area contributed by atoms with E-state index in [9.17, 15) is 27.9 Å². The minimum absolute atomic E-state index is 0.0913. The lowest BCUT2D eigenvalue weighted by atomic mass is 9.80. The first kappa shape index (κ1) is 20.7. The normalized spacial score (nSPS) is 18.5. The number of hydrogen-bond acceptors (Lipinski definition) is 4. The fourth-order valence-corrected chi connectivity index (χ4v) is 3.19. The van der Waals surface area contributed by atoms with E-state index < -0.39 is 29.5 Å². The number of aryl methyl sites for hydroxylation is 1. The molecule has 0 bridgehead atoms. The summed E-state index contributed by atoms with van der Waals surface area (Å²) in [6.45, 7) is -0.0913. The van der Waals surface area contributed by atoms with Gasteiger partial charge in [-0.15, -0.1) is 13.2 Å². The molecule has 3 N–H and O–H groups in total. The van der Waals surface area contributed by atoms with Crippen molar-refractivity contribution in [3.8, 4) is 5.75 Å². The third-order valence-corrected chi connectivity index (χ3v) is 4.63. The van der Waals surface area contributed by atoms with Crippen molar-refractivity contribution in [1.29, 1.82) is 0 Å². The molecule has 0 saturated carbocycles. The predicted octanol–water partition coefficient (Wildman–Crippen LogP) is 2.56. The maximum Gasteiger partial charge on any atom is 0.573 e. The van der Waals surface area contributed by atoms with E-state index in [0.29, 0.717) is 19.3 Å². The number of anilines is 1. The van der Waals surface area contributed by atoms with Gasteiger partial charge in [-0.3, -0.25) is 9.59 Å². The molecule has 0 saturated heterocycles. The average molecular weight is 408 g/mol. The van der Waals surface area contributed by atoms with Gasteiger partial charge in [0.25, 0.3) is 0 Å². The molecular weight excluding hydrogens is 389 g/mol. The molecule has 2 aromatic carbocycles. The van der Waals surface area contributed by atoms with Crippen LogP contribution in [0.2, 0.25) is 0 Å². The molecule has 154 valence electrons. The summed E-state index contributed by atoms with van der Waals surface area (Å²) in [4.78, 5) is 24.0. The molecular formula is C20H19F3N2O4. The Labute approximate surface area is 164 Å². The molecule has 1 unspecified atom stereocenters. The molecule has 0 heterocycles. The Hall–Kier alpha value is -3.07. The minimum atomic E-state index is -4.81. The number of fused-ring (bicyclic) bond motifs is 1. The van der Waals surface area contributed by atoms with Crippen molar-refractivity contribution in [2.45, 2.75) is 31.2 Å². The number of carbonyl (C=O) groups is 2. The second-order valence-electron chi connectivity index (χ2n) is 6.88. The van der Waals surface area contributed by atoms with E-state index >= 15 is 0 Å². The maximum absolute atomic E-state index is 12.1. The highest BCUT2D eigenvalue weighted by Crippen LogP contribution is 2.28. The quantitative estimate of drug-likeness (QED) is 0.679. The van der Waals surface area contributed by atoms with Crippen LogP contribution in [0.1, 0.15) is 17.5 Å². The first-order valence-electron chi connectivity index (χ1n) is 8.88. The summed E-state index contributed by atoms with van der Waals surface area (Å²) in [5.41, 5.74) is 1.13. The topological polar surface area (TPSA) is 87.7 Å². The molecule has 9 heteroatoms. The van der Waals surface area contributed by atoms with Crippen LogP contribution in [-0.2, 0) is 22.4 Å². The van der Waals surface area contributed by atoms with Crippen LogP contribution in [0, 0.1) is 0 Å². The second-order valence-corrected chi connectivity index (χ2v) is 6.88. The zero-order chi connectivity index (χ0) is 21.1. The van der Waals surface area contributed by atoms with Gasteiger partial charge in [-0.05, 0) is 48.2 Å². The van der Waals surface area contributed by atoms with E-state index in [-0.39, 0.29) is 12.2 Å². The molecule has 0 aromatic heterocycles. The summed E-state index contributed by atoms with van der Waals surface area (Å²) < 4.78 is 40.2. The molecule has 1 aliphatic rings. The highest BCUT2D eigenvalue weighted by atomic mass is 19.4. The van der Waals surface area contributed by atoms with Gasteiger partial charge in [0, 0.05) is 18.7 Å². The standard InChI is InChI=1S/C20H19F3N2O4/c21-20(22,23)29-16-7-5-15(6-8-16)25-18(27)17(26)24-12-19(28)10-9-13-3-1-2-4-14(13)11-19/h1-8,28H,9-12H2,(H,24,26)(H,25,27). The summed E-state index contributed by atoms with van der Waals surface area (Å²) in [5.74, 6) is -2.39. The van der Waals surface area contributed by atoms with Crippen molar-refractivity contribution in [2.75, 3.05) is 11.9 Å². The predicted molar refractivity (Wildman–Crippen MR) is 98.2 cm³/mol. The largest absolute Gasteiger partial charge is 0.573 e. The van der Waals surface area contributed by atoms with Gasteiger partial charge in [-0.2, -0.15) is 0 Å². The Kier molecular flexibility index (Phi) is 5.78. The lowest BCUT2D eigenvalue weighted by molar-refractivity contribution is -0.274. The minimum Gasteiger partial charge on any atom is -0.406 e. The maximum atomic E-state index is 12.1. The van der Waals surface area contributed by atoms with Crippen LogP contribution in [0.25, 0.3) is 0 Å². The monoisotopic (exact) mass is 408 g/mol. The molecule has 1 atom stereocenters. The Morgan fingerprint density at radius 3 is 2.34 bits per heavy atom. The van der Waals surface area contributed by atoms with Crippen molar-refractivity contribution in [1.82, 2.24) is 5.32 Å². The summed E-state index contributed by atoms with van der Waals surface area (Å²) >= 11 is 0. The number of halogens is 3. The highest BCUT2D eigenvalue weighted by molar-refractivity contribution is 6.39. The molecule has 0 fully saturated rings. The zero-order valence-electron chi connectivity index (χ0n) is 15.3. The molecule has 1 aliphatic carbocycles. The van der Waals surface area contributed by atoms with Crippen LogP contribution in [0.3, 0.4) is 0 Å². The van der Waals surface area contributed by atoms with Gasteiger partial charge in [-0.1, -0.05) is 24.3 Å². The fraction of sp³-hybridized carbons (Fsp3) is 0.300. The van der Waals surface area contributed by atoms with Crippen LogP contribution >= 0.6 is 0 Å². The zero-order valence-corrected chi connectivity index (χ0v) is 15.3. The summed E-state index contributed by atoms with van der Waals surface area (Å²) in [6, 6.07) is 12.1. The number of aliphatic hydroxyl groups is 1. The lowest BCUT2D eigenvalue weighted by Crippen LogP contribution is -2.49. The van der Waals surface area contributed by atoms with Crippen LogP contribution in [0.15, 0.2) is 48.5 Å². The molecule has 0 radical (unpaired) electrons. The van der Waals surface area contributed by atoms with E-state index in [2.05, 4.69) is 15.4 Å². The van der Waals surface area contributed by atoms with E-state index in [4.69, 9.17) is 0 Å². The summed E-state index contributed by atoms with van der Waals surface area (Å²) in [6.07, 6.45) is -3.33. The first-order valence-corrected chi connectivity index (χ1v) is 8.88. The van der Waals surface area contributed by atoms with Crippen LogP contribution in [0.4, 0.5) is 18.9 Å². The van der Waals surface area contributed by atoms with Gasteiger partial charge in [0.05, 0.1) is 5.60 Å².